The normalized spacial score (nSPS) is 18.2. The van der Waals surface area contributed by atoms with Gasteiger partial charge in [-0.15, -0.1) is 0 Å². The molecule has 1 unspecified atom stereocenters. The summed E-state index contributed by atoms with van der Waals surface area (Å²) in [4.78, 5) is 27.2. The van der Waals surface area contributed by atoms with E-state index < -0.39 is 0 Å². The van der Waals surface area contributed by atoms with Gasteiger partial charge in [-0.1, -0.05) is 36.2 Å². The Balaban J connectivity index is 1.31. The van der Waals surface area contributed by atoms with Crippen molar-refractivity contribution >= 4 is 34.9 Å². The highest BCUT2D eigenvalue weighted by Crippen LogP contribution is 2.37. The van der Waals surface area contributed by atoms with E-state index in [4.69, 9.17) is 21.1 Å². The number of halogens is 1. The number of carbonyl (C=O) groups excluding carboxylic acids is 2. The number of nitrogens with zero attached hydrogens (tertiary/aromatic N) is 1. The van der Waals surface area contributed by atoms with Gasteiger partial charge in [0.1, 0.15) is 0 Å². The predicted octanol–water partition coefficient (Wildman–Crippen LogP) is 4.12. The lowest BCUT2D eigenvalue weighted by Gasteiger charge is -2.35. The highest BCUT2D eigenvalue weighted by Gasteiger charge is 2.25. The van der Waals surface area contributed by atoms with Crippen molar-refractivity contribution in [1.29, 1.82) is 0 Å². The second-order valence-electron chi connectivity index (χ2n) is 8.20. The molecular weight excluding hydrogens is 444 g/mol. The van der Waals surface area contributed by atoms with Crippen LogP contribution in [0.4, 0.5) is 16.2 Å². The summed E-state index contributed by atoms with van der Waals surface area (Å²) in [5, 5.41) is 9.05. The van der Waals surface area contributed by atoms with Gasteiger partial charge in [0.2, 0.25) is 5.91 Å². The largest absolute Gasteiger partial charge is 0.490 e. The minimum Gasteiger partial charge on any atom is -0.490 e. The zero-order valence-electron chi connectivity index (χ0n) is 18.4. The first kappa shape index (κ1) is 23.2. The molecule has 3 amide bonds. The summed E-state index contributed by atoms with van der Waals surface area (Å²) < 4.78 is 11.3. The molecule has 0 aliphatic carbocycles. The summed E-state index contributed by atoms with van der Waals surface area (Å²) in [6.45, 7) is 2.62. The highest BCUT2D eigenvalue weighted by molar-refractivity contribution is 6.34. The number of anilines is 2. The maximum Gasteiger partial charge on any atom is 0.319 e. The number of piperidine rings is 1. The molecule has 9 heteroatoms. The Labute approximate surface area is 198 Å². The molecule has 0 bridgehead atoms. The van der Waals surface area contributed by atoms with E-state index in [9.17, 15) is 9.59 Å². The Morgan fingerprint density at radius 2 is 1.76 bits per heavy atom. The Hall–Kier alpha value is -2.97. The number of urea groups is 1. The molecule has 2 aliphatic rings. The number of likely N-dealkylation sites (tertiary alicyclic amines) is 1. The number of benzene rings is 2. The van der Waals surface area contributed by atoms with Gasteiger partial charge in [-0.3, -0.25) is 9.69 Å². The molecule has 33 heavy (non-hydrogen) atoms. The van der Waals surface area contributed by atoms with Crippen molar-refractivity contribution in [3.63, 3.8) is 0 Å². The Morgan fingerprint density at radius 1 is 1.00 bits per heavy atom. The van der Waals surface area contributed by atoms with Crippen molar-refractivity contribution < 1.29 is 19.1 Å². The van der Waals surface area contributed by atoms with Crippen molar-refractivity contribution in [2.45, 2.75) is 31.7 Å². The van der Waals surface area contributed by atoms with Crippen LogP contribution < -0.4 is 25.4 Å². The van der Waals surface area contributed by atoms with Crippen LogP contribution in [0.25, 0.3) is 0 Å². The Bertz CT molecular complexity index is 972. The fourth-order valence-corrected chi connectivity index (χ4v) is 4.26. The van der Waals surface area contributed by atoms with Crippen molar-refractivity contribution in [3.8, 4) is 11.5 Å². The van der Waals surface area contributed by atoms with Crippen LogP contribution in [0, 0.1) is 0 Å². The van der Waals surface area contributed by atoms with Crippen LogP contribution in [0.15, 0.2) is 42.5 Å². The molecule has 1 atom stereocenters. The van der Waals surface area contributed by atoms with E-state index in [-0.39, 0.29) is 24.5 Å². The summed E-state index contributed by atoms with van der Waals surface area (Å²) in [5.41, 5.74) is 1.24. The van der Waals surface area contributed by atoms with Crippen LogP contribution in [0.2, 0.25) is 5.02 Å². The molecule has 0 aromatic heterocycles. The number of para-hydroxylation sites is 1. The first-order valence-electron chi connectivity index (χ1n) is 11.3. The molecule has 2 aliphatic heterocycles. The van der Waals surface area contributed by atoms with Gasteiger partial charge < -0.3 is 25.4 Å². The third-order valence-electron chi connectivity index (χ3n) is 5.74. The van der Waals surface area contributed by atoms with Gasteiger partial charge in [0.15, 0.2) is 11.5 Å². The average molecular weight is 473 g/mol. The third kappa shape index (κ3) is 6.52. The number of carbonyl (C=O) groups is 2. The molecular formula is C24H29ClN4O4. The van der Waals surface area contributed by atoms with Gasteiger partial charge in [0, 0.05) is 36.8 Å². The molecule has 2 aromatic carbocycles. The second-order valence-corrected chi connectivity index (χ2v) is 8.61. The highest BCUT2D eigenvalue weighted by atomic mass is 35.5. The van der Waals surface area contributed by atoms with Gasteiger partial charge in [-0.05, 0) is 31.5 Å². The molecule has 2 aromatic rings. The molecule has 1 fully saturated rings. The van der Waals surface area contributed by atoms with E-state index in [1.54, 1.807) is 12.1 Å². The minimum atomic E-state index is -0.254. The van der Waals surface area contributed by atoms with E-state index in [2.05, 4.69) is 20.9 Å². The standard InChI is InChI=1S/C24H29ClN4O4/c25-19-13-21-22(33-12-6-11-32-21)14-20(19)28-23(30)16-29-10-5-4-9-18(29)15-26-24(31)27-17-7-2-1-3-8-17/h1-3,7-8,13-14,18H,4-6,9-12,15-16H2,(H,28,30)(H2,26,27,31). The SMILES string of the molecule is O=C(CN1CCCCC1CNC(=O)Nc1ccccc1)Nc1cc2c(cc1Cl)OCCCO2. The van der Waals surface area contributed by atoms with E-state index in [1.807, 2.05) is 30.3 Å². The van der Waals surface area contributed by atoms with E-state index in [1.165, 1.54) is 0 Å². The molecule has 0 saturated carbocycles. The van der Waals surface area contributed by atoms with E-state index >= 15 is 0 Å². The molecule has 1 saturated heterocycles. The lowest BCUT2D eigenvalue weighted by atomic mass is 10.0. The van der Waals surface area contributed by atoms with Crippen molar-refractivity contribution in [3.05, 3.63) is 47.5 Å². The first-order chi connectivity index (χ1) is 16.1. The summed E-state index contributed by atoms with van der Waals surface area (Å²) >= 11 is 6.36. The van der Waals surface area contributed by atoms with Crippen molar-refractivity contribution in [1.82, 2.24) is 10.2 Å². The van der Waals surface area contributed by atoms with Gasteiger partial charge in [-0.25, -0.2) is 4.79 Å². The van der Waals surface area contributed by atoms with Crippen LogP contribution in [-0.2, 0) is 4.79 Å². The topological polar surface area (TPSA) is 91.9 Å². The van der Waals surface area contributed by atoms with Crippen LogP contribution >= 0.6 is 11.6 Å². The number of nitrogens with one attached hydrogen (secondary N) is 3. The van der Waals surface area contributed by atoms with Crippen molar-refractivity contribution in [2.24, 2.45) is 0 Å². The van der Waals surface area contributed by atoms with Gasteiger partial charge in [0.25, 0.3) is 0 Å². The number of rotatable bonds is 6. The van der Waals surface area contributed by atoms with Crippen molar-refractivity contribution in [2.75, 3.05) is 43.5 Å². The quantitative estimate of drug-likeness (QED) is 0.588. The van der Waals surface area contributed by atoms with Crippen LogP contribution in [0.3, 0.4) is 0 Å². The minimum absolute atomic E-state index is 0.0882. The number of hydrogen-bond donors (Lipinski definition) is 3. The van der Waals surface area contributed by atoms with Gasteiger partial charge in [0.05, 0.1) is 30.5 Å². The van der Waals surface area contributed by atoms with E-state index in [0.29, 0.717) is 42.0 Å². The lowest BCUT2D eigenvalue weighted by molar-refractivity contribution is -0.118. The zero-order valence-corrected chi connectivity index (χ0v) is 19.2. The molecule has 2 heterocycles. The molecule has 4 rings (SSSR count). The number of ether oxygens (including phenoxy) is 2. The Morgan fingerprint density at radius 3 is 2.55 bits per heavy atom. The molecule has 0 radical (unpaired) electrons. The Kier molecular flexibility index (Phi) is 7.91. The maximum absolute atomic E-state index is 12.8. The van der Waals surface area contributed by atoms with E-state index in [0.717, 1.165) is 37.9 Å². The predicted molar refractivity (Wildman–Crippen MR) is 128 cm³/mol. The lowest BCUT2D eigenvalue weighted by Crippen LogP contribution is -2.49. The molecule has 8 nitrogen and oxygen atoms in total. The number of hydrogen-bond acceptors (Lipinski definition) is 5. The number of amides is 3. The fraction of sp³-hybridized carbons (Fsp3) is 0.417. The second kappa shape index (κ2) is 11.2. The zero-order chi connectivity index (χ0) is 23.0. The third-order valence-corrected chi connectivity index (χ3v) is 6.05. The maximum atomic E-state index is 12.8. The monoisotopic (exact) mass is 472 g/mol. The van der Waals surface area contributed by atoms with Crippen LogP contribution in [-0.4, -0.2) is 55.7 Å². The summed E-state index contributed by atoms with van der Waals surface area (Å²) in [6.07, 6.45) is 3.80. The smallest absolute Gasteiger partial charge is 0.319 e. The number of fused-ring (bicyclic) bond motifs is 1. The summed E-state index contributed by atoms with van der Waals surface area (Å²) in [7, 11) is 0. The summed E-state index contributed by atoms with van der Waals surface area (Å²) in [5.74, 6) is 1.01. The first-order valence-corrected chi connectivity index (χ1v) is 11.7. The fourth-order valence-electron chi connectivity index (χ4n) is 4.06. The molecule has 0 spiro atoms. The molecule has 176 valence electrons. The van der Waals surface area contributed by atoms with Crippen LogP contribution in [0.5, 0.6) is 11.5 Å². The molecule has 3 N–H and O–H groups in total. The average Bonchev–Trinajstić information content (AvgIpc) is 3.04. The summed E-state index contributed by atoms with van der Waals surface area (Å²) in [6, 6.07) is 12.5. The van der Waals surface area contributed by atoms with Gasteiger partial charge >= 0.3 is 6.03 Å². The van der Waals surface area contributed by atoms with Crippen LogP contribution in [0.1, 0.15) is 25.7 Å². The van der Waals surface area contributed by atoms with Gasteiger partial charge in [-0.2, -0.15) is 0 Å².